The average molecular weight is 487 g/mol. The lowest BCUT2D eigenvalue weighted by molar-refractivity contribution is -0.141. The molecule has 0 saturated heterocycles. The first-order valence-electron chi connectivity index (χ1n) is 12.6. The van der Waals surface area contributed by atoms with Crippen LogP contribution in [0.2, 0.25) is 0 Å². The van der Waals surface area contributed by atoms with E-state index in [9.17, 15) is 9.59 Å². The van der Waals surface area contributed by atoms with E-state index in [-0.39, 0.29) is 18.2 Å². The van der Waals surface area contributed by atoms with E-state index in [0.717, 1.165) is 28.0 Å². The maximum atomic E-state index is 13.7. The molecule has 1 heterocycles. The number of fused-ring (bicyclic) bond motifs is 1. The van der Waals surface area contributed by atoms with Gasteiger partial charge in [-0.3, -0.25) is 9.59 Å². The second-order valence-electron chi connectivity index (χ2n) is 9.09. The van der Waals surface area contributed by atoms with Gasteiger partial charge in [-0.25, -0.2) is 0 Å². The van der Waals surface area contributed by atoms with Gasteiger partial charge < -0.3 is 19.7 Å². The fourth-order valence-corrected chi connectivity index (χ4v) is 4.49. The van der Waals surface area contributed by atoms with Gasteiger partial charge >= 0.3 is 0 Å². The Kier molecular flexibility index (Phi) is 8.61. The molecule has 188 valence electrons. The number of rotatable bonds is 10. The number of nitrogens with zero attached hydrogens (tertiary/aromatic N) is 1. The largest absolute Gasteiger partial charge is 0.486 e. The van der Waals surface area contributed by atoms with Crippen molar-refractivity contribution in [1.82, 2.24) is 10.2 Å². The molecule has 36 heavy (non-hydrogen) atoms. The van der Waals surface area contributed by atoms with Gasteiger partial charge in [0.05, 0.1) is 0 Å². The second kappa shape index (κ2) is 12.2. The second-order valence-corrected chi connectivity index (χ2v) is 9.09. The first kappa shape index (κ1) is 25.3. The van der Waals surface area contributed by atoms with Gasteiger partial charge in [-0.1, -0.05) is 66.2 Å². The van der Waals surface area contributed by atoms with Crippen molar-refractivity contribution in [2.45, 2.75) is 45.7 Å². The SMILES string of the molecule is CCNC(=O)C(Cc1ccccc1)N(Cc1cccc(C)c1)C(=O)CCc1ccc2c(c1)OCCO2. The lowest BCUT2D eigenvalue weighted by Crippen LogP contribution is -2.50. The molecule has 0 bridgehead atoms. The van der Waals surface area contributed by atoms with E-state index in [1.54, 1.807) is 4.90 Å². The van der Waals surface area contributed by atoms with Crippen LogP contribution in [0.25, 0.3) is 0 Å². The van der Waals surface area contributed by atoms with Gasteiger partial charge in [-0.15, -0.1) is 0 Å². The topological polar surface area (TPSA) is 67.9 Å². The van der Waals surface area contributed by atoms with Crippen LogP contribution >= 0.6 is 0 Å². The van der Waals surface area contributed by atoms with E-state index in [4.69, 9.17) is 9.47 Å². The summed E-state index contributed by atoms with van der Waals surface area (Å²) in [6.45, 7) is 5.87. The summed E-state index contributed by atoms with van der Waals surface area (Å²) in [4.78, 5) is 28.7. The van der Waals surface area contributed by atoms with Crippen molar-refractivity contribution < 1.29 is 19.1 Å². The van der Waals surface area contributed by atoms with Gasteiger partial charge in [-0.2, -0.15) is 0 Å². The molecular formula is C30H34N2O4. The van der Waals surface area contributed by atoms with Crippen LogP contribution in [0, 0.1) is 6.92 Å². The highest BCUT2D eigenvalue weighted by molar-refractivity contribution is 5.88. The predicted molar refractivity (Wildman–Crippen MR) is 140 cm³/mol. The molecule has 1 unspecified atom stereocenters. The third-order valence-corrected chi connectivity index (χ3v) is 6.29. The van der Waals surface area contributed by atoms with Crippen LogP contribution in [0.3, 0.4) is 0 Å². The monoisotopic (exact) mass is 486 g/mol. The van der Waals surface area contributed by atoms with Crippen LogP contribution in [-0.2, 0) is 29.0 Å². The highest BCUT2D eigenvalue weighted by atomic mass is 16.6. The quantitative estimate of drug-likeness (QED) is 0.459. The minimum atomic E-state index is -0.611. The fourth-order valence-electron chi connectivity index (χ4n) is 4.49. The molecule has 3 aromatic carbocycles. The molecule has 6 nitrogen and oxygen atoms in total. The molecule has 0 saturated carbocycles. The molecule has 0 radical (unpaired) electrons. The molecule has 0 fully saturated rings. The van der Waals surface area contributed by atoms with E-state index >= 15 is 0 Å². The number of hydrogen-bond acceptors (Lipinski definition) is 4. The van der Waals surface area contributed by atoms with Crippen LogP contribution in [0.15, 0.2) is 72.8 Å². The minimum absolute atomic E-state index is 0.0569. The van der Waals surface area contributed by atoms with Crippen molar-refractivity contribution in [2.24, 2.45) is 0 Å². The van der Waals surface area contributed by atoms with E-state index < -0.39 is 6.04 Å². The summed E-state index contributed by atoms with van der Waals surface area (Å²) in [6, 6.07) is 23.1. The van der Waals surface area contributed by atoms with Crippen molar-refractivity contribution in [2.75, 3.05) is 19.8 Å². The molecule has 1 N–H and O–H groups in total. The molecule has 4 rings (SSSR count). The van der Waals surface area contributed by atoms with Crippen LogP contribution in [0.5, 0.6) is 11.5 Å². The number of nitrogens with one attached hydrogen (secondary N) is 1. The molecule has 0 aliphatic carbocycles. The summed E-state index contributed by atoms with van der Waals surface area (Å²) in [5.74, 6) is 1.25. The van der Waals surface area contributed by atoms with Crippen molar-refractivity contribution in [3.63, 3.8) is 0 Å². The number of aryl methyl sites for hydroxylation is 2. The number of carbonyl (C=O) groups excluding carboxylic acids is 2. The van der Waals surface area contributed by atoms with Crippen molar-refractivity contribution in [3.8, 4) is 11.5 Å². The zero-order valence-electron chi connectivity index (χ0n) is 21.0. The molecular weight excluding hydrogens is 452 g/mol. The van der Waals surface area contributed by atoms with E-state index in [1.807, 2.05) is 80.6 Å². The molecule has 1 aliphatic heterocycles. The first-order valence-corrected chi connectivity index (χ1v) is 12.6. The van der Waals surface area contributed by atoms with E-state index in [1.165, 1.54) is 0 Å². The van der Waals surface area contributed by atoms with Crippen LogP contribution < -0.4 is 14.8 Å². The first-order chi connectivity index (χ1) is 17.5. The van der Waals surface area contributed by atoms with Crippen LogP contribution in [-0.4, -0.2) is 42.5 Å². The van der Waals surface area contributed by atoms with Gasteiger partial charge in [0.1, 0.15) is 19.3 Å². The Morgan fingerprint density at radius 3 is 2.39 bits per heavy atom. The third-order valence-electron chi connectivity index (χ3n) is 6.29. The molecule has 0 spiro atoms. The normalized spacial score (nSPS) is 13.1. The Balaban J connectivity index is 1.58. The Labute approximate surface area is 213 Å². The maximum absolute atomic E-state index is 13.7. The molecule has 1 atom stereocenters. The van der Waals surface area contributed by atoms with Crippen LogP contribution in [0.1, 0.15) is 35.6 Å². The number of carbonyl (C=O) groups is 2. The smallest absolute Gasteiger partial charge is 0.243 e. The Morgan fingerprint density at radius 2 is 1.64 bits per heavy atom. The average Bonchev–Trinajstić information content (AvgIpc) is 2.90. The summed E-state index contributed by atoms with van der Waals surface area (Å²) in [6.07, 6.45) is 1.29. The summed E-state index contributed by atoms with van der Waals surface area (Å²) < 4.78 is 11.3. The standard InChI is InChI=1S/C30H34N2O4/c1-3-31-30(34)26(19-23-9-5-4-6-10-23)32(21-25-11-7-8-22(2)18-25)29(33)15-13-24-12-14-27-28(20-24)36-17-16-35-27/h4-12,14,18,20,26H,3,13,15-17,19,21H2,1-2H3,(H,31,34). The zero-order valence-corrected chi connectivity index (χ0v) is 21.0. The summed E-state index contributed by atoms with van der Waals surface area (Å²) >= 11 is 0. The van der Waals surface area contributed by atoms with Crippen molar-refractivity contribution >= 4 is 11.8 Å². The van der Waals surface area contributed by atoms with Gasteiger partial charge in [-0.05, 0) is 49.1 Å². The maximum Gasteiger partial charge on any atom is 0.243 e. The van der Waals surface area contributed by atoms with Gasteiger partial charge in [0.25, 0.3) is 0 Å². The molecule has 1 aliphatic rings. The number of ether oxygens (including phenoxy) is 2. The van der Waals surface area contributed by atoms with Gasteiger partial charge in [0, 0.05) is 25.9 Å². The number of benzene rings is 3. The molecule has 0 aromatic heterocycles. The molecule has 6 heteroatoms. The van der Waals surface area contributed by atoms with Crippen molar-refractivity contribution in [1.29, 1.82) is 0 Å². The minimum Gasteiger partial charge on any atom is -0.486 e. The summed E-state index contributed by atoms with van der Waals surface area (Å²) in [5, 5.41) is 2.94. The highest BCUT2D eigenvalue weighted by Gasteiger charge is 2.30. The summed E-state index contributed by atoms with van der Waals surface area (Å²) in [7, 11) is 0. The predicted octanol–water partition coefficient (Wildman–Crippen LogP) is 4.48. The van der Waals surface area contributed by atoms with Gasteiger partial charge in [0.15, 0.2) is 11.5 Å². The Morgan fingerprint density at radius 1 is 0.889 bits per heavy atom. The Bertz CT molecular complexity index is 1180. The molecule has 2 amide bonds. The summed E-state index contributed by atoms with van der Waals surface area (Å²) in [5.41, 5.74) is 4.14. The van der Waals surface area contributed by atoms with Crippen molar-refractivity contribution in [3.05, 3.63) is 95.1 Å². The third kappa shape index (κ3) is 6.66. The van der Waals surface area contributed by atoms with Crippen LogP contribution in [0.4, 0.5) is 0 Å². The molecule has 3 aromatic rings. The lowest BCUT2D eigenvalue weighted by atomic mass is 10.0. The van der Waals surface area contributed by atoms with Gasteiger partial charge in [0.2, 0.25) is 11.8 Å². The zero-order chi connectivity index (χ0) is 25.3. The highest BCUT2D eigenvalue weighted by Crippen LogP contribution is 2.31. The fraction of sp³-hybridized carbons (Fsp3) is 0.333. The number of likely N-dealkylation sites (N-methyl/N-ethyl adjacent to an activating group) is 1. The number of hydrogen-bond donors (Lipinski definition) is 1. The number of amides is 2. The Hall–Kier alpha value is -3.80. The van der Waals surface area contributed by atoms with E-state index in [2.05, 4.69) is 11.4 Å². The van der Waals surface area contributed by atoms with E-state index in [0.29, 0.717) is 44.9 Å². The lowest BCUT2D eigenvalue weighted by Gasteiger charge is -2.31.